The van der Waals surface area contributed by atoms with Crippen LogP contribution < -0.4 is 5.32 Å². The number of ether oxygens (including phenoxy) is 1. The zero-order valence-corrected chi connectivity index (χ0v) is 8.49. The minimum Gasteiger partial charge on any atom is -0.465 e. The van der Waals surface area contributed by atoms with Gasteiger partial charge in [0.2, 0.25) is 0 Å². The van der Waals surface area contributed by atoms with E-state index in [1.54, 1.807) is 0 Å². The standard InChI is InChI=1S/C10H11NO4/c1-4-7-6(10(13)14-3)5-8(15-7)9(12)11-2/h4-5H,1H2,2-3H3,(H,11,12). The number of hydrogen-bond donors (Lipinski definition) is 1. The monoisotopic (exact) mass is 209 g/mol. The molecule has 0 aromatic carbocycles. The number of rotatable bonds is 3. The molecule has 1 aromatic rings. The van der Waals surface area contributed by atoms with Crippen molar-refractivity contribution in [1.29, 1.82) is 0 Å². The number of furan rings is 1. The molecule has 80 valence electrons. The van der Waals surface area contributed by atoms with Crippen LogP contribution in [0.25, 0.3) is 6.08 Å². The highest BCUT2D eigenvalue weighted by Crippen LogP contribution is 2.17. The van der Waals surface area contributed by atoms with Crippen molar-refractivity contribution in [3.8, 4) is 0 Å². The first kappa shape index (κ1) is 11.0. The smallest absolute Gasteiger partial charge is 0.341 e. The van der Waals surface area contributed by atoms with Crippen molar-refractivity contribution in [2.24, 2.45) is 0 Å². The molecule has 0 saturated carbocycles. The molecule has 0 aliphatic rings. The van der Waals surface area contributed by atoms with Crippen molar-refractivity contribution >= 4 is 18.0 Å². The number of amides is 1. The maximum Gasteiger partial charge on any atom is 0.341 e. The van der Waals surface area contributed by atoms with Crippen molar-refractivity contribution in [1.82, 2.24) is 5.32 Å². The van der Waals surface area contributed by atoms with Gasteiger partial charge in [0.15, 0.2) is 5.76 Å². The molecule has 0 saturated heterocycles. The third-order valence-electron chi connectivity index (χ3n) is 1.80. The maximum absolute atomic E-state index is 11.3. The van der Waals surface area contributed by atoms with Gasteiger partial charge in [0.05, 0.1) is 7.11 Å². The second kappa shape index (κ2) is 4.45. The summed E-state index contributed by atoms with van der Waals surface area (Å²) in [6.07, 6.45) is 1.35. The summed E-state index contributed by atoms with van der Waals surface area (Å²) >= 11 is 0. The first-order chi connectivity index (χ1) is 7.13. The highest BCUT2D eigenvalue weighted by molar-refractivity contribution is 5.98. The van der Waals surface area contributed by atoms with Gasteiger partial charge < -0.3 is 14.5 Å². The van der Waals surface area contributed by atoms with Crippen LogP contribution in [0.5, 0.6) is 0 Å². The molecule has 0 unspecified atom stereocenters. The van der Waals surface area contributed by atoms with E-state index in [0.717, 1.165) is 0 Å². The third kappa shape index (κ3) is 2.07. The number of hydrogen-bond acceptors (Lipinski definition) is 4. The molecular formula is C10H11NO4. The van der Waals surface area contributed by atoms with Crippen molar-refractivity contribution < 1.29 is 18.7 Å². The molecule has 0 fully saturated rings. The van der Waals surface area contributed by atoms with Crippen LogP contribution >= 0.6 is 0 Å². The highest BCUT2D eigenvalue weighted by Gasteiger charge is 2.19. The zero-order valence-electron chi connectivity index (χ0n) is 8.49. The lowest BCUT2D eigenvalue weighted by molar-refractivity contribution is 0.0599. The van der Waals surface area contributed by atoms with E-state index in [1.807, 2.05) is 0 Å². The minimum atomic E-state index is -0.566. The number of nitrogens with one attached hydrogen (secondary N) is 1. The largest absolute Gasteiger partial charge is 0.465 e. The Hall–Kier alpha value is -2.04. The van der Waals surface area contributed by atoms with Crippen LogP contribution in [0.2, 0.25) is 0 Å². The predicted octanol–water partition coefficient (Wildman–Crippen LogP) is 1.07. The lowest BCUT2D eigenvalue weighted by Gasteiger charge is -1.94. The Morgan fingerprint density at radius 3 is 2.73 bits per heavy atom. The first-order valence-electron chi connectivity index (χ1n) is 4.20. The summed E-state index contributed by atoms with van der Waals surface area (Å²) in [4.78, 5) is 22.5. The lowest BCUT2D eigenvalue weighted by atomic mass is 10.2. The maximum atomic E-state index is 11.3. The molecule has 0 radical (unpaired) electrons. The summed E-state index contributed by atoms with van der Waals surface area (Å²) in [5.41, 5.74) is 0.186. The second-order valence-electron chi connectivity index (χ2n) is 2.66. The average molecular weight is 209 g/mol. The van der Waals surface area contributed by atoms with Gasteiger partial charge >= 0.3 is 5.97 Å². The van der Waals surface area contributed by atoms with E-state index < -0.39 is 11.9 Å². The Balaban J connectivity index is 3.16. The van der Waals surface area contributed by atoms with Crippen LogP contribution in [-0.4, -0.2) is 26.0 Å². The molecule has 1 amide bonds. The molecule has 0 aliphatic heterocycles. The summed E-state index contributed by atoms with van der Waals surface area (Å²) in [6, 6.07) is 1.32. The number of carbonyl (C=O) groups is 2. The second-order valence-corrected chi connectivity index (χ2v) is 2.66. The first-order valence-corrected chi connectivity index (χ1v) is 4.20. The molecule has 5 nitrogen and oxygen atoms in total. The molecule has 1 heterocycles. The number of methoxy groups -OCH3 is 1. The van der Waals surface area contributed by atoms with E-state index in [-0.39, 0.29) is 17.1 Å². The Morgan fingerprint density at radius 2 is 2.27 bits per heavy atom. The van der Waals surface area contributed by atoms with E-state index in [1.165, 1.54) is 26.3 Å². The van der Waals surface area contributed by atoms with Gasteiger partial charge in [-0.25, -0.2) is 4.79 Å². The molecule has 0 bridgehead atoms. The van der Waals surface area contributed by atoms with Crippen LogP contribution in [0, 0.1) is 0 Å². The average Bonchev–Trinajstić information content (AvgIpc) is 2.70. The molecule has 15 heavy (non-hydrogen) atoms. The quantitative estimate of drug-likeness (QED) is 0.756. The zero-order chi connectivity index (χ0) is 11.4. The Morgan fingerprint density at radius 1 is 1.60 bits per heavy atom. The van der Waals surface area contributed by atoms with E-state index in [4.69, 9.17) is 4.42 Å². The number of esters is 1. The molecular weight excluding hydrogens is 198 g/mol. The molecule has 5 heteroatoms. The van der Waals surface area contributed by atoms with Gasteiger partial charge in [-0.3, -0.25) is 4.79 Å². The fourth-order valence-electron chi connectivity index (χ4n) is 1.06. The summed E-state index contributed by atoms with van der Waals surface area (Å²) in [5.74, 6) is -0.703. The molecule has 0 aliphatic carbocycles. The molecule has 1 N–H and O–H groups in total. The molecule has 1 rings (SSSR count). The van der Waals surface area contributed by atoms with Crippen LogP contribution in [0.3, 0.4) is 0 Å². The van der Waals surface area contributed by atoms with Crippen LogP contribution in [-0.2, 0) is 4.74 Å². The van der Waals surface area contributed by atoms with E-state index >= 15 is 0 Å². The summed E-state index contributed by atoms with van der Waals surface area (Å²) < 4.78 is 9.64. The summed E-state index contributed by atoms with van der Waals surface area (Å²) in [6.45, 7) is 3.47. The fourth-order valence-corrected chi connectivity index (χ4v) is 1.06. The third-order valence-corrected chi connectivity index (χ3v) is 1.80. The van der Waals surface area contributed by atoms with Gasteiger partial charge in [-0.2, -0.15) is 0 Å². The Labute approximate surface area is 86.7 Å². The van der Waals surface area contributed by atoms with Crippen molar-refractivity contribution in [2.75, 3.05) is 14.2 Å². The van der Waals surface area contributed by atoms with Crippen LogP contribution in [0.1, 0.15) is 26.7 Å². The van der Waals surface area contributed by atoms with Gasteiger partial charge in [-0.05, 0) is 6.08 Å². The van der Waals surface area contributed by atoms with Crippen molar-refractivity contribution in [2.45, 2.75) is 0 Å². The van der Waals surface area contributed by atoms with Gasteiger partial charge in [0, 0.05) is 13.1 Å². The van der Waals surface area contributed by atoms with Gasteiger partial charge in [-0.1, -0.05) is 6.58 Å². The minimum absolute atomic E-state index is 0.0489. The topological polar surface area (TPSA) is 68.5 Å². The van der Waals surface area contributed by atoms with Gasteiger partial charge in [0.1, 0.15) is 11.3 Å². The lowest BCUT2D eigenvalue weighted by Crippen LogP contribution is -2.16. The van der Waals surface area contributed by atoms with E-state index in [0.29, 0.717) is 0 Å². The van der Waals surface area contributed by atoms with E-state index in [2.05, 4.69) is 16.6 Å². The van der Waals surface area contributed by atoms with Crippen LogP contribution in [0.4, 0.5) is 0 Å². The van der Waals surface area contributed by atoms with Crippen molar-refractivity contribution in [3.63, 3.8) is 0 Å². The summed E-state index contributed by atoms with van der Waals surface area (Å²) in [5, 5.41) is 2.38. The SMILES string of the molecule is C=Cc1oc(C(=O)NC)cc1C(=O)OC. The van der Waals surface area contributed by atoms with Crippen LogP contribution in [0.15, 0.2) is 17.1 Å². The van der Waals surface area contributed by atoms with E-state index in [9.17, 15) is 9.59 Å². The molecule has 0 spiro atoms. The highest BCUT2D eigenvalue weighted by atomic mass is 16.5. The summed E-state index contributed by atoms with van der Waals surface area (Å²) in [7, 11) is 2.72. The number of carbonyl (C=O) groups excluding carboxylic acids is 2. The Bertz CT molecular complexity index is 406. The normalized spacial score (nSPS) is 9.47. The molecule has 1 aromatic heterocycles. The fraction of sp³-hybridized carbons (Fsp3) is 0.200. The van der Waals surface area contributed by atoms with Gasteiger partial charge in [0.25, 0.3) is 5.91 Å². The Kier molecular flexibility index (Phi) is 3.28. The predicted molar refractivity (Wildman–Crippen MR) is 53.5 cm³/mol. The van der Waals surface area contributed by atoms with Gasteiger partial charge in [-0.15, -0.1) is 0 Å². The van der Waals surface area contributed by atoms with Crippen molar-refractivity contribution in [3.05, 3.63) is 29.7 Å². The molecule has 0 atom stereocenters.